The molecule has 0 saturated heterocycles. The first kappa shape index (κ1) is 17.1. The van der Waals surface area contributed by atoms with Gasteiger partial charge in [-0.15, -0.1) is 0 Å². The van der Waals surface area contributed by atoms with E-state index in [0.717, 1.165) is 23.4 Å². The molecule has 0 saturated carbocycles. The van der Waals surface area contributed by atoms with Crippen molar-refractivity contribution in [1.29, 1.82) is 0 Å². The van der Waals surface area contributed by atoms with Gasteiger partial charge < -0.3 is 15.4 Å². The van der Waals surface area contributed by atoms with Crippen LogP contribution in [0.2, 0.25) is 5.02 Å². The number of anilines is 3. The number of ether oxygens (including phenoxy) is 1. The van der Waals surface area contributed by atoms with E-state index in [2.05, 4.69) is 15.6 Å². The molecule has 23 heavy (non-hydrogen) atoms. The smallest absolute Gasteiger partial charge is 0.225 e. The fourth-order valence-corrected chi connectivity index (χ4v) is 2.21. The second kappa shape index (κ2) is 7.83. The molecule has 1 aromatic carbocycles. The predicted octanol–water partition coefficient (Wildman–Crippen LogP) is 4.53. The highest BCUT2D eigenvalue weighted by atomic mass is 35.5. The predicted molar refractivity (Wildman–Crippen MR) is 93.8 cm³/mol. The summed E-state index contributed by atoms with van der Waals surface area (Å²) in [7, 11) is 1.59. The van der Waals surface area contributed by atoms with E-state index in [1.165, 1.54) is 0 Å². The second-order valence-corrected chi connectivity index (χ2v) is 5.56. The van der Waals surface area contributed by atoms with Gasteiger partial charge in [0.15, 0.2) is 0 Å². The topological polar surface area (TPSA) is 63.2 Å². The minimum atomic E-state index is -0.0318. The van der Waals surface area contributed by atoms with Crippen molar-refractivity contribution in [2.24, 2.45) is 0 Å². The Bertz CT molecular complexity index is 687. The number of methoxy groups -OCH3 is 1. The summed E-state index contributed by atoms with van der Waals surface area (Å²) >= 11 is 6.10. The van der Waals surface area contributed by atoms with E-state index in [1.54, 1.807) is 25.4 Å². The summed E-state index contributed by atoms with van der Waals surface area (Å²) in [5.74, 6) is 1.16. The van der Waals surface area contributed by atoms with Crippen molar-refractivity contribution in [2.45, 2.75) is 26.7 Å². The van der Waals surface area contributed by atoms with Crippen molar-refractivity contribution >= 4 is 34.7 Å². The number of benzene rings is 1. The average Bonchev–Trinajstić information content (AvgIpc) is 2.52. The zero-order valence-corrected chi connectivity index (χ0v) is 14.2. The molecule has 0 spiro atoms. The summed E-state index contributed by atoms with van der Waals surface area (Å²) in [6.07, 6.45) is 2.95. The molecular weight excluding hydrogens is 314 g/mol. The summed E-state index contributed by atoms with van der Waals surface area (Å²) in [4.78, 5) is 15.8. The Hall–Kier alpha value is -2.27. The Kier molecular flexibility index (Phi) is 5.82. The molecule has 6 heteroatoms. The third-order valence-corrected chi connectivity index (χ3v) is 3.67. The van der Waals surface area contributed by atoms with Gasteiger partial charge in [-0.3, -0.25) is 4.79 Å². The van der Waals surface area contributed by atoms with E-state index >= 15 is 0 Å². The molecule has 122 valence electrons. The summed E-state index contributed by atoms with van der Waals surface area (Å²) in [6, 6.07) is 7.28. The molecule has 2 aromatic rings. The highest BCUT2D eigenvalue weighted by Crippen LogP contribution is 2.33. The Morgan fingerprint density at radius 1 is 1.35 bits per heavy atom. The van der Waals surface area contributed by atoms with Gasteiger partial charge in [0.25, 0.3) is 0 Å². The lowest BCUT2D eigenvalue weighted by Crippen LogP contribution is -2.11. The fourth-order valence-electron chi connectivity index (χ4n) is 2.06. The quantitative estimate of drug-likeness (QED) is 0.815. The van der Waals surface area contributed by atoms with Gasteiger partial charge in [-0.2, -0.15) is 0 Å². The molecule has 1 heterocycles. The van der Waals surface area contributed by atoms with Crippen LogP contribution in [0.4, 0.5) is 17.2 Å². The first-order valence-corrected chi connectivity index (χ1v) is 7.78. The standard InChI is InChI=1S/C17H20ClN3O2/c1-4-5-17(22)21-16-7-6-12(10-19-16)20-14-8-11(2)13(18)9-15(14)23-3/h6-10,20H,4-5H2,1-3H3,(H,19,21,22). The number of pyridine rings is 1. The number of hydrogen-bond acceptors (Lipinski definition) is 4. The zero-order valence-electron chi connectivity index (χ0n) is 13.4. The third-order valence-electron chi connectivity index (χ3n) is 3.27. The van der Waals surface area contributed by atoms with Crippen LogP contribution in [0.3, 0.4) is 0 Å². The van der Waals surface area contributed by atoms with Crippen LogP contribution in [0.15, 0.2) is 30.5 Å². The van der Waals surface area contributed by atoms with Crippen molar-refractivity contribution in [2.75, 3.05) is 17.7 Å². The Balaban J connectivity index is 2.12. The number of carbonyl (C=O) groups is 1. The van der Waals surface area contributed by atoms with E-state index < -0.39 is 0 Å². The molecular formula is C17H20ClN3O2. The normalized spacial score (nSPS) is 10.3. The number of amides is 1. The fraction of sp³-hybridized carbons (Fsp3) is 0.294. The molecule has 0 aliphatic rings. The van der Waals surface area contributed by atoms with Gasteiger partial charge in [0.1, 0.15) is 11.6 Å². The van der Waals surface area contributed by atoms with E-state index in [-0.39, 0.29) is 5.91 Å². The van der Waals surface area contributed by atoms with Crippen LogP contribution in [0.1, 0.15) is 25.3 Å². The molecule has 0 unspecified atom stereocenters. The second-order valence-electron chi connectivity index (χ2n) is 5.16. The lowest BCUT2D eigenvalue weighted by atomic mass is 10.2. The maximum absolute atomic E-state index is 11.5. The van der Waals surface area contributed by atoms with Crippen LogP contribution in [-0.2, 0) is 4.79 Å². The number of nitrogens with zero attached hydrogens (tertiary/aromatic N) is 1. The maximum atomic E-state index is 11.5. The Morgan fingerprint density at radius 2 is 2.13 bits per heavy atom. The van der Waals surface area contributed by atoms with Crippen LogP contribution < -0.4 is 15.4 Å². The van der Waals surface area contributed by atoms with Gasteiger partial charge in [0.05, 0.1) is 24.7 Å². The number of hydrogen-bond donors (Lipinski definition) is 2. The minimum Gasteiger partial charge on any atom is -0.495 e. The molecule has 0 aliphatic heterocycles. The third kappa shape index (κ3) is 4.60. The molecule has 2 N–H and O–H groups in total. The van der Waals surface area contributed by atoms with Gasteiger partial charge in [-0.25, -0.2) is 4.98 Å². The highest BCUT2D eigenvalue weighted by molar-refractivity contribution is 6.31. The van der Waals surface area contributed by atoms with Crippen molar-refractivity contribution in [3.63, 3.8) is 0 Å². The number of halogens is 1. The zero-order chi connectivity index (χ0) is 16.8. The Morgan fingerprint density at radius 3 is 2.74 bits per heavy atom. The molecule has 0 fully saturated rings. The van der Waals surface area contributed by atoms with Crippen molar-refractivity contribution in [1.82, 2.24) is 4.98 Å². The largest absolute Gasteiger partial charge is 0.495 e. The first-order chi connectivity index (χ1) is 11.0. The SMILES string of the molecule is CCCC(=O)Nc1ccc(Nc2cc(C)c(Cl)cc2OC)cn1. The number of rotatable bonds is 6. The molecule has 0 bridgehead atoms. The summed E-state index contributed by atoms with van der Waals surface area (Å²) < 4.78 is 5.33. The number of nitrogens with one attached hydrogen (secondary N) is 2. The lowest BCUT2D eigenvalue weighted by Gasteiger charge is -2.13. The summed E-state index contributed by atoms with van der Waals surface area (Å²) in [6.45, 7) is 3.89. The van der Waals surface area contributed by atoms with Crippen molar-refractivity contribution in [3.05, 3.63) is 41.0 Å². The first-order valence-electron chi connectivity index (χ1n) is 7.40. The molecule has 0 aliphatic carbocycles. The van der Waals surface area contributed by atoms with E-state index in [4.69, 9.17) is 16.3 Å². The van der Waals surface area contributed by atoms with Gasteiger partial charge in [-0.05, 0) is 37.1 Å². The monoisotopic (exact) mass is 333 g/mol. The van der Waals surface area contributed by atoms with Gasteiger partial charge >= 0.3 is 0 Å². The van der Waals surface area contributed by atoms with Crippen LogP contribution >= 0.6 is 11.6 Å². The highest BCUT2D eigenvalue weighted by Gasteiger charge is 2.08. The number of aromatic nitrogens is 1. The van der Waals surface area contributed by atoms with Gasteiger partial charge in [0.2, 0.25) is 5.91 Å². The molecule has 5 nitrogen and oxygen atoms in total. The van der Waals surface area contributed by atoms with E-state index in [1.807, 2.05) is 26.0 Å². The Labute approximate surface area is 141 Å². The number of aryl methyl sites for hydroxylation is 1. The van der Waals surface area contributed by atoms with Gasteiger partial charge in [-0.1, -0.05) is 18.5 Å². The molecule has 0 radical (unpaired) electrons. The summed E-state index contributed by atoms with van der Waals surface area (Å²) in [5, 5.41) is 6.64. The van der Waals surface area contributed by atoms with Crippen LogP contribution in [-0.4, -0.2) is 18.0 Å². The number of carbonyl (C=O) groups excluding carboxylic acids is 1. The molecule has 1 aromatic heterocycles. The minimum absolute atomic E-state index is 0.0318. The van der Waals surface area contributed by atoms with Crippen LogP contribution in [0.5, 0.6) is 5.75 Å². The average molecular weight is 334 g/mol. The van der Waals surface area contributed by atoms with E-state index in [0.29, 0.717) is 23.0 Å². The van der Waals surface area contributed by atoms with Crippen molar-refractivity contribution < 1.29 is 9.53 Å². The summed E-state index contributed by atoms with van der Waals surface area (Å²) in [5.41, 5.74) is 2.55. The molecule has 0 atom stereocenters. The molecule has 1 amide bonds. The lowest BCUT2D eigenvalue weighted by molar-refractivity contribution is -0.116. The van der Waals surface area contributed by atoms with Crippen LogP contribution in [0.25, 0.3) is 0 Å². The van der Waals surface area contributed by atoms with Gasteiger partial charge in [0, 0.05) is 17.5 Å². The van der Waals surface area contributed by atoms with Crippen LogP contribution in [0, 0.1) is 6.92 Å². The van der Waals surface area contributed by atoms with Crippen molar-refractivity contribution in [3.8, 4) is 5.75 Å². The van der Waals surface area contributed by atoms with E-state index in [9.17, 15) is 4.79 Å². The maximum Gasteiger partial charge on any atom is 0.225 e. The molecule has 2 rings (SSSR count).